The molecule has 2 nitrogen and oxygen atoms in total. The summed E-state index contributed by atoms with van der Waals surface area (Å²) >= 11 is 1.71. The maximum absolute atomic E-state index is 12.3. The number of hydrogen-bond donors (Lipinski definition) is 0. The van der Waals surface area contributed by atoms with Crippen LogP contribution in [0.25, 0.3) is 0 Å². The SMILES string of the molecule is CCC1CCCCN1CC(=O)c1ccc(SC)cc1. The number of benzene rings is 1. The molecule has 0 radical (unpaired) electrons. The highest BCUT2D eigenvalue weighted by Crippen LogP contribution is 2.20. The molecule has 0 saturated carbocycles. The lowest BCUT2D eigenvalue weighted by Crippen LogP contribution is -2.42. The number of likely N-dealkylation sites (tertiary alicyclic amines) is 1. The minimum absolute atomic E-state index is 0.257. The zero-order valence-electron chi connectivity index (χ0n) is 11.9. The second-order valence-electron chi connectivity index (χ2n) is 5.18. The number of thioether (sulfide) groups is 1. The maximum Gasteiger partial charge on any atom is 0.176 e. The fraction of sp³-hybridized carbons (Fsp3) is 0.562. The summed E-state index contributed by atoms with van der Waals surface area (Å²) in [6, 6.07) is 8.58. The number of nitrogens with zero attached hydrogens (tertiary/aromatic N) is 1. The van der Waals surface area contributed by atoms with Gasteiger partial charge >= 0.3 is 0 Å². The van der Waals surface area contributed by atoms with Crippen molar-refractivity contribution in [3.8, 4) is 0 Å². The van der Waals surface area contributed by atoms with Gasteiger partial charge in [0.05, 0.1) is 6.54 Å². The largest absolute Gasteiger partial charge is 0.293 e. The topological polar surface area (TPSA) is 20.3 Å². The van der Waals surface area contributed by atoms with Gasteiger partial charge in [-0.3, -0.25) is 9.69 Å². The number of ketones is 1. The van der Waals surface area contributed by atoms with Gasteiger partial charge in [-0.15, -0.1) is 11.8 Å². The molecule has 1 heterocycles. The molecule has 0 aromatic heterocycles. The fourth-order valence-corrected chi connectivity index (χ4v) is 3.19. The van der Waals surface area contributed by atoms with Gasteiger partial charge in [-0.2, -0.15) is 0 Å². The number of piperidine rings is 1. The molecule has 1 aromatic carbocycles. The summed E-state index contributed by atoms with van der Waals surface area (Å²) in [4.78, 5) is 15.9. The molecule has 1 fully saturated rings. The van der Waals surface area contributed by atoms with Crippen LogP contribution in [0.1, 0.15) is 43.0 Å². The van der Waals surface area contributed by atoms with Crippen molar-refractivity contribution >= 4 is 17.5 Å². The van der Waals surface area contributed by atoms with Crippen LogP contribution in [-0.4, -0.2) is 36.1 Å². The van der Waals surface area contributed by atoms with Crippen LogP contribution in [0.15, 0.2) is 29.2 Å². The van der Waals surface area contributed by atoms with E-state index >= 15 is 0 Å². The van der Waals surface area contributed by atoms with Gasteiger partial charge in [-0.25, -0.2) is 0 Å². The fourth-order valence-electron chi connectivity index (χ4n) is 2.78. The molecule has 3 heteroatoms. The summed E-state index contributed by atoms with van der Waals surface area (Å²) in [6.45, 7) is 3.88. The number of Topliss-reactive ketones (excluding diaryl/α,β-unsaturated/α-hetero) is 1. The van der Waals surface area contributed by atoms with Gasteiger partial charge in [0.2, 0.25) is 0 Å². The molecule has 1 saturated heterocycles. The predicted molar refractivity (Wildman–Crippen MR) is 82.1 cm³/mol. The standard InChI is InChI=1S/C16H23NOS/c1-3-14-6-4-5-11-17(14)12-16(18)13-7-9-15(19-2)10-8-13/h7-10,14H,3-6,11-12H2,1-2H3. The van der Waals surface area contributed by atoms with Crippen LogP contribution in [0.2, 0.25) is 0 Å². The van der Waals surface area contributed by atoms with Gasteiger partial charge in [0, 0.05) is 16.5 Å². The molecule has 1 aromatic rings. The van der Waals surface area contributed by atoms with Crippen LogP contribution in [0.4, 0.5) is 0 Å². The summed E-state index contributed by atoms with van der Waals surface area (Å²) in [6.07, 6.45) is 6.99. The van der Waals surface area contributed by atoms with Crippen molar-refractivity contribution in [2.75, 3.05) is 19.3 Å². The van der Waals surface area contributed by atoms with Crippen LogP contribution in [-0.2, 0) is 0 Å². The molecule has 0 bridgehead atoms. The summed E-state index contributed by atoms with van der Waals surface area (Å²) in [5.74, 6) is 0.257. The molecule has 0 N–H and O–H groups in total. The van der Waals surface area contributed by atoms with Crippen molar-refractivity contribution in [2.24, 2.45) is 0 Å². The molecule has 104 valence electrons. The zero-order valence-corrected chi connectivity index (χ0v) is 12.7. The second kappa shape index (κ2) is 7.11. The minimum Gasteiger partial charge on any atom is -0.293 e. The Balaban J connectivity index is 1.98. The molecule has 1 atom stereocenters. The lowest BCUT2D eigenvalue weighted by molar-refractivity contribution is 0.0838. The van der Waals surface area contributed by atoms with Gasteiger partial charge in [-0.1, -0.05) is 25.5 Å². The van der Waals surface area contributed by atoms with E-state index in [1.165, 1.54) is 24.2 Å². The third-order valence-electron chi connectivity index (χ3n) is 3.98. The molecule has 1 aliphatic heterocycles. The summed E-state index contributed by atoms with van der Waals surface area (Å²) in [7, 11) is 0. The Kier molecular flexibility index (Phi) is 5.46. The number of carbonyl (C=O) groups excluding carboxylic acids is 1. The first-order valence-corrected chi connectivity index (χ1v) is 8.38. The Hall–Kier alpha value is -0.800. The van der Waals surface area contributed by atoms with Crippen LogP contribution in [0, 0.1) is 0 Å². The molecule has 1 unspecified atom stereocenters. The van der Waals surface area contributed by atoms with Crippen molar-refractivity contribution in [3.05, 3.63) is 29.8 Å². The van der Waals surface area contributed by atoms with Crippen molar-refractivity contribution in [1.29, 1.82) is 0 Å². The average molecular weight is 277 g/mol. The van der Waals surface area contributed by atoms with E-state index in [4.69, 9.17) is 0 Å². The van der Waals surface area contributed by atoms with E-state index in [2.05, 4.69) is 18.1 Å². The van der Waals surface area contributed by atoms with E-state index in [-0.39, 0.29) is 5.78 Å². The predicted octanol–water partition coefficient (Wildman–Crippen LogP) is 3.86. The monoisotopic (exact) mass is 277 g/mol. The Morgan fingerprint density at radius 1 is 1.32 bits per heavy atom. The number of hydrogen-bond acceptors (Lipinski definition) is 3. The van der Waals surface area contributed by atoms with Crippen LogP contribution in [0.5, 0.6) is 0 Å². The minimum atomic E-state index is 0.257. The summed E-state index contributed by atoms with van der Waals surface area (Å²) in [5.41, 5.74) is 0.846. The number of rotatable bonds is 5. The van der Waals surface area contributed by atoms with Gasteiger partial charge in [-0.05, 0) is 44.2 Å². The van der Waals surface area contributed by atoms with Crippen molar-refractivity contribution in [2.45, 2.75) is 43.5 Å². The molecular weight excluding hydrogens is 254 g/mol. The normalized spacial score (nSPS) is 20.4. The average Bonchev–Trinajstić information content (AvgIpc) is 2.48. The van der Waals surface area contributed by atoms with E-state index in [1.54, 1.807) is 11.8 Å². The van der Waals surface area contributed by atoms with Crippen LogP contribution >= 0.6 is 11.8 Å². The second-order valence-corrected chi connectivity index (χ2v) is 6.06. The Morgan fingerprint density at radius 3 is 2.68 bits per heavy atom. The molecule has 0 amide bonds. The summed E-state index contributed by atoms with van der Waals surface area (Å²) in [5, 5.41) is 0. The Morgan fingerprint density at radius 2 is 2.05 bits per heavy atom. The molecule has 2 rings (SSSR count). The first-order chi connectivity index (χ1) is 9.24. The lowest BCUT2D eigenvalue weighted by Gasteiger charge is -2.34. The quantitative estimate of drug-likeness (QED) is 0.602. The molecule has 19 heavy (non-hydrogen) atoms. The first kappa shape index (κ1) is 14.6. The number of carbonyl (C=O) groups is 1. The van der Waals surface area contributed by atoms with E-state index in [0.29, 0.717) is 12.6 Å². The van der Waals surface area contributed by atoms with E-state index in [0.717, 1.165) is 18.5 Å². The van der Waals surface area contributed by atoms with Crippen LogP contribution in [0.3, 0.4) is 0 Å². The van der Waals surface area contributed by atoms with Crippen LogP contribution < -0.4 is 0 Å². The highest BCUT2D eigenvalue weighted by Gasteiger charge is 2.23. The van der Waals surface area contributed by atoms with Gasteiger partial charge < -0.3 is 0 Å². The summed E-state index contributed by atoms with van der Waals surface area (Å²) < 4.78 is 0. The van der Waals surface area contributed by atoms with E-state index in [9.17, 15) is 4.79 Å². The van der Waals surface area contributed by atoms with Gasteiger partial charge in [0.1, 0.15) is 0 Å². The molecule has 0 aliphatic carbocycles. The third-order valence-corrected chi connectivity index (χ3v) is 4.72. The molecule has 0 spiro atoms. The maximum atomic E-state index is 12.3. The van der Waals surface area contributed by atoms with E-state index < -0.39 is 0 Å². The highest BCUT2D eigenvalue weighted by atomic mass is 32.2. The Bertz CT molecular complexity index is 415. The molecule has 1 aliphatic rings. The Labute approximate surface area is 120 Å². The highest BCUT2D eigenvalue weighted by molar-refractivity contribution is 7.98. The third kappa shape index (κ3) is 3.83. The van der Waals surface area contributed by atoms with Crippen molar-refractivity contribution in [3.63, 3.8) is 0 Å². The van der Waals surface area contributed by atoms with Crippen molar-refractivity contribution in [1.82, 2.24) is 4.90 Å². The van der Waals surface area contributed by atoms with Gasteiger partial charge in [0.25, 0.3) is 0 Å². The zero-order chi connectivity index (χ0) is 13.7. The lowest BCUT2D eigenvalue weighted by atomic mass is 9.99. The van der Waals surface area contributed by atoms with E-state index in [1.807, 2.05) is 24.3 Å². The smallest absolute Gasteiger partial charge is 0.176 e. The molecular formula is C16H23NOS. The van der Waals surface area contributed by atoms with Crippen molar-refractivity contribution < 1.29 is 4.79 Å². The first-order valence-electron chi connectivity index (χ1n) is 7.16. The van der Waals surface area contributed by atoms with Gasteiger partial charge in [0.15, 0.2) is 5.78 Å².